The van der Waals surface area contributed by atoms with Crippen molar-refractivity contribution in [3.8, 4) is 11.3 Å². The van der Waals surface area contributed by atoms with E-state index in [1.807, 2.05) is 31.2 Å². The molecule has 0 amide bonds. The van der Waals surface area contributed by atoms with Crippen LogP contribution in [0.5, 0.6) is 0 Å². The lowest BCUT2D eigenvalue weighted by atomic mass is 10.1. The molecule has 3 heteroatoms. The lowest BCUT2D eigenvalue weighted by Crippen LogP contribution is -1.79. The maximum Gasteiger partial charge on any atom is 0.174 e. The minimum atomic E-state index is 0.773. The van der Waals surface area contributed by atoms with Crippen LogP contribution >= 0.6 is 15.9 Å². The van der Waals surface area contributed by atoms with Crippen LogP contribution in [-0.4, -0.2) is 5.16 Å². The fourth-order valence-corrected chi connectivity index (χ4v) is 1.69. The van der Waals surface area contributed by atoms with Gasteiger partial charge in [0.1, 0.15) is 0 Å². The molecule has 76 valence electrons. The molecule has 2 aromatic rings. The smallest absolute Gasteiger partial charge is 0.174 e. The number of benzene rings is 1. The first-order valence-electron chi connectivity index (χ1n) is 4.57. The molecule has 2 rings (SSSR count). The van der Waals surface area contributed by atoms with Gasteiger partial charge in [0.2, 0.25) is 0 Å². The first-order valence-corrected chi connectivity index (χ1v) is 5.36. The number of hydrogen-bond acceptors (Lipinski definition) is 2. The summed E-state index contributed by atoms with van der Waals surface area (Å²) in [6, 6.07) is 7.91. The topological polar surface area (TPSA) is 26.0 Å². The lowest BCUT2D eigenvalue weighted by Gasteiger charge is -1.97. The number of aryl methyl sites for hydroxylation is 1. The standard InChI is InChI=1S/C12H10BrNO/c1-3-11-8(2)14-15-12(11)9-4-6-10(13)7-5-9/h3-7H,1H2,2H3. The largest absolute Gasteiger partial charge is 0.355 e. The number of halogens is 1. The molecule has 0 aliphatic rings. The van der Waals surface area contributed by atoms with Gasteiger partial charge in [0, 0.05) is 15.6 Å². The van der Waals surface area contributed by atoms with E-state index in [1.165, 1.54) is 0 Å². The van der Waals surface area contributed by atoms with Gasteiger partial charge in [-0.1, -0.05) is 33.7 Å². The van der Waals surface area contributed by atoms with Crippen LogP contribution in [0, 0.1) is 6.92 Å². The van der Waals surface area contributed by atoms with Crippen molar-refractivity contribution in [1.82, 2.24) is 5.16 Å². The van der Waals surface area contributed by atoms with Crippen LogP contribution in [0.2, 0.25) is 0 Å². The van der Waals surface area contributed by atoms with Crippen LogP contribution < -0.4 is 0 Å². The Kier molecular flexibility index (Phi) is 2.73. The number of aromatic nitrogens is 1. The predicted molar refractivity (Wildman–Crippen MR) is 64.5 cm³/mol. The molecule has 0 fully saturated rings. The molecule has 0 N–H and O–H groups in total. The zero-order valence-electron chi connectivity index (χ0n) is 8.33. The average molecular weight is 264 g/mol. The van der Waals surface area contributed by atoms with Gasteiger partial charge < -0.3 is 4.52 Å². The number of hydrogen-bond donors (Lipinski definition) is 0. The third kappa shape index (κ3) is 1.88. The summed E-state index contributed by atoms with van der Waals surface area (Å²) in [7, 11) is 0. The van der Waals surface area contributed by atoms with E-state index < -0.39 is 0 Å². The Balaban J connectivity index is 2.53. The highest BCUT2D eigenvalue weighted by Crippen LogP contribution is 2.27. The summed E-state index contributed by atoms with van der Waals surface area (Å²) in [5.41, 5.74) is 2.83. The van der Waals surface area contributed by atoms with Crippen LogP contribution in [0.4, 0.5) is 0 Å². The maximum absolute atomic E-state index is 5.28. The molecular weight excluding hydrogens is 254 g/mol. The van der Waals surface area contributed by atoms with Gasteiger partial charge in [0.05, 0.1) is 5.69 Å². The lowest BCUT2D eigenvalue weighted by molar-refractivity contribution is 0.427. The predicted octanol–water partition coefficient (Wildman–Crippen LogP) is 4.06. The van der Waals surface area contributed by atoms with Crippen molar-refractivity contribution < 1.29 is 4.52 Å². The number of rotatable bonds is 2. The first kappa shape index (κ1) is 10.2. The fourth-order valence-electron chi connectivity index (χ4n) is 1.43. The summed E-state index contributed by atoms with van der Waals surface area (Å²) >= 11 is 3.39. The molecule has 0 atom stereocenters. The van der Waals surface area contributed by atoms with Crippen LogP contribution in [0.3, 0.4) is 0 Å². The quantitative estimate of drug-likeness (QED) is 0.817. The van der Waals surface area contributed by atoms with E-state index in [1.54, 1.807) is 6.08 Å². The van der Waals surface area contributed by atoms with Gasteiger partial charge in [-0.05, 0) is 31.2 Å². The molecule has 0 saturated heterocycles. The molecule has 1 aromatic carbocycles. The summed E-state index contributed by atoms with van der Waals surface area (Å²) in [5, 5.41) is 3.93. The second-order valence-electron chi connectivity index (χ2n) is 3.22. The monoisotopic (exact) mass is 263 g/mol. The molecule has 15 heavy (non-hydrogen) atoms. The second-order valence-corrected chi connectivity index (χ2v) is 4.14. The van der Waals surface area contributed by atoms with Gasteiger partial charge in [0.25, 0.3) is 0 Å². The van der Waals surface area contributed by atoms with Gasteiger partial charge in [-0.15, -0.1) is 0 Å². The van der Waals surface area contributed by atoms with E-state index in [-0.39, 0.29) is 0 Å². The molecule has 0 bridgehead atoms. The molecule has 2 nitrogen and oxygen atoms in total. The highest BCUT2D eigenvalue weighted by molar-refractivity contribution is 9.10. The highest BCUT2D eigenvalue weighted by Gasteiger charge is 2.11. The normalized spacial score (nSPS) is 10.3. The van der Waals surface area contributed by atoms with E-state index >= 15 is 0 Å². The molecule has 0 saturated carbocycles. The van der Waals surface area contributed by atoms with Crippen molar-refractivity contribution in [2.75, 3.05) is 0 Å². The first-order chi connectivity index (χ1) is 7.22. The van der Waals surface area contributed by atoms with Gasteiger partial charge in [-0.2, -0.15) is 0 Å². The Hall–Kier alpha value is -1.35. The van der Waals surface area contributed by atoms with Crippen molar-refractivity contribution in [2.24, 2.45) is 0 Å². The molecule has 1 heterocycles. The molecule has 0 unspecified atom stereocenters. The third-order valence-electron chi connectivity index (χ3n) is 2.22. The number of nitrogens with zero attached hydrogens (tertiary/aromatic N) is 1. The third-order valence-corrected chi connectivity index (χ3v) is 2.75. The Labute approximate surface area is 96.7 Å². The Bertz CT molecular complexity index is 485. The van der Waals surface area contributed by atoms with Crippen molar-refractivity contribution in [1.29, 1.82) is 0 Å². The Morgan fingerprint density at radius 1 is 1.33 bits per heavy atom. The minimum Gasteiger partial charge on any atom is -0.355 e. The van der Waals surface area contributed by atoms with Crippen LogP contribution in [0.1, 0.15) is 11.3 Å². The SMILES string of the molecule is C=Cc1c(C)noc1-c1ccc(Br)cc1. The van der Waals surface area contributed by atoms with Gasteiger partial charge in [-0.25, -0.2) is 0 Å². The van der Waals surface area contributed by atoms with Crippen molar-refractivity contribution >= 4 is 22.0 Å². The van der Waals surface area contributed by atoms with E-state index in [0.717, 1.165) is 27.1 Å². The van der Waals surface area contributed by atoms with Crippen molar-refractivity contribution in [3.63, 3.8) is 0 Å². The molecule has 0 spiro atoms. The highest BCUT2D eigenvalue weighted by atomic mass is 79.9. The fraction of sp³-hybridized carbons (Fsp3) is 0.0833. The Morgan fingerprint density at radius 3 is 2.60 bits per heavy atom. The summed E-state index contributed by atoms with van der Waals surface area (Å²) in [4.78, 5) is 0. The molecular formula is C12H10BrNO. The molecule has 0 radical (unpaired) electrons. The zero-order valence-corrected chi connectivity index (χ0v) is 9.91. The summed E-state index contributed by atoms with van der Waals surface area (Å²) < 4.78 is 6.32. The van der Waals surface area contributed by atoms with Gasteiger partial charge in [-0.3, -0.25) is 0 Å². The van der Waals surface area contributed by atoms with Crippen LogP contribution in [0.15, 0.2) is 39.8 Å². The Morgan fingerprint density at radius 2 is 2.00 bits per heavy atom. The van der Waals surface area contributed by atoms with E-state index in [0.29, 0.717) is 0 Å². The molecule has 0 aliphatic carbocycles. The summed E-state index contributed by atoms with van der Waals surface area (Å²) in [6.45, 7) is 5.66. The van der Waals surface area contributed by atoms with Crippen LogP contribution in [0.25, 0.3) is 17.4 Å². The van der Waals surface area contributed by atoms with Crippen molar-refractivity contribution in [2.45, 2.75) is 6.92 Å². The summed E-state index contributed by atoms with van der Waals surface area (Å²) in [5.74, 6) is 0.773. The van der Waals surface area contributed by atoms with E-state index in [2.05, 4.69) is 27.7 Å². The van der Waals surface area contributed by atoms with E-state index in [9.17, 15) is 0 Å². The van der Waals surface area contributed by atoms with Gasteiger partial charge >= 0.3 is 0 Å². The maximum atomic E-state index is 5.28. The zero-order chi connectivity index (χ0) is 10.8. The molecule has 1 aromatic heterocycles. The van der Waals surface area contributed by atoms with Crippen LogP contribution in [-0.2, 0) is 0 Å². The van der Waals surface area contributed by atoms with E-state index in [4.69, 9.17) is 4.52 Å². The minimum absolute atomic E-state index is 0.773. The average Bonchev–Trinajstić information content (AvgIpc) is 2.61. The second kappa shape index (κ2) is 4.03. The summed E-state index contributed by atoms with van der Waals surface area (Å²) in [6.07, 6.45) is 1.77. The van der Waals surface area contributed by atoms with Gasteiger partial charge in [0.15, 0.2) is 5.76 Å². The molecule has 0 aliphatic heterocycles. The van der Waals surface area contributed by atoms with Crippen molar-refractivity contribution in [3.05, 3.63) is 46.6 Å².